The molecule has 0 radical (unpaired) electrons. The molecule has 18 heavy (non-hydrogen) atoms. The Morgan fingerprint density at radius 1 is 1.28 bits per heavy atom. The van der Waals surface area contributed by atoms with Gasteiger partial charge in [0, 0.05) is 17.6 Å². The van der Waals surface area contributed by atoms with Crippen molar-refractivity contribution < 1.29 is 4.74 Å². The summed E-state index contributed by atoms with van der Waals surface area (Å²) >= 11 is 7.74. The van der Waals surface area contributed by atoms with E-state index in [0.717, 1.165) is 21.2 Å². The molecule has 0 spiro atoms. The molecule has 2 aromatic rings. The second kappa shape index (κ2) is 6.09. The van der Waals surface area contributed by atoms with E-state index in [1.165, 1.54) is 11.8 Å². The fourth-order valence-corrected chi connectivity index (χ4v) is 2.58. The number of hydrogen-bond acceptors (Lipinski definition) is 4. The van der Waals surface area contributed by atoms with E-state index in [9.17, 15) is 0 Å². The quantitative estimate of drug-likeness (QED) is 0.933. The standard InChI is InChI=1S/C13H13ClN2OS/c1-17-10-2-4-11(5-3-10)18-13-12(14)9(8-15)6-7-16-13/h2-7H,8,15H2,1H3. The van der Waals surface area contributed by atoms with Gasteiger partial charge in [0.2, 0.25) is 0 Å². The van der Waals surface area contributed by atoms with E-state index >= 15 is 0 Å². The maximum atomic E-state index is 6.23. The summed E-state index contributed by atoms with van der Waals surface area (Å²) in [5.74, 6) is 0.828. The molecule has 0 aliphatic rings. The summed E-state index contributed by atoms with van der Waals surface area (Å²) < 4.78 is 5.11. The van der Waals surface area contributed by atoms with Gasteiger partial charge < -0.3 is 10.5 Å². The van der Waals surface area contributed by atoms with E-state index in [1.807, 2.05) is 30.3 Å². The third-order valence-corrected chi connectivity index (χ3v) is 3.98. The van der Waals surface area contributed by atoms with Crippen molar-refractivity contribution in [1.82, 2.24) is 4.98 Å². The summed E-state index contributed by atoms with van der Waals surface area (Å²) in [7, 11) is 1.64. The van der Waals surface area contributed by atoms with Crippen molar-refractivity contribution in [1.29, 1.82) is 0 Å². The molecule has 2 N–H and O–H groups in total. The number of pyridine rings is 1. The van der Waals surface area contributed by atoms with Gasteiger partial charge in [-0.1, -0.05) is 23.4 Å². The molecule has 0 aliphatic heterocycles. The molecule has 0 unspecified atom stereocenters. The van der Waals surface area contributed by atoms with Crippen LogP contribution in [-0.2, 0) is 6.54 Å². The van der Waals surface area contributed by atoms with Gasteiger partial charge in [-0.2, -0.15) is 0 Å². The maximum absolute atomic E-state index is 6.23. The Kier molecular flexibility index (Phi) is 4.47. The monoisotopic (exact) mass is 280 g/mol. The number of methoxy groups -OCH3 is 1. The third kappa shape index (κ3) is 2.96. The van der Waals surface area contributed by atoms with Gasteiger partial charge in [-0.05, 0) is 35.9 Å². The highest BCUT2D eigenvalue weighted by atomic mass is 35.5. The van der Waals surface area contributed by atoms with Crippen molar-refractivity contribution in [3.05, 3.63) is 47.1 Å². The summed E-state index contributed by atoms with van der Waals surface area (Å²) in [6.45, 7) is 0.414. The molecule has 5 heteroatoms. The van der Waals surface area contributed by atoms with Crippen LogP contribution in [0.3, 0.4) is 0 Å². The first-order valence-electron chi connectivity index (χ1n) is 5.40. The van der Waals surface area contributed by atoms with Crippen LogP contribution in [0.1, 0.15) is 5.56 Å². The normalized spacial score (nSPS) is 10.4. The van der Waals surface area contributed by atoms with E-state index in [0.29, 0.717) is 11.6 Å². The van der Waals surface area contributed by atoms with E-state index in [2.05, 4.69) is 4.98 Å². The summed E-state index contributed by atoms with van der Waals surface area (Å²) in [5, 5.41) is 1.39. The van der Waals surface area contributed by atoms with Gasteiger partial charge in [0.1, 0.15) is 10.8 Å². The van der Waals surface area contributed by atoms with Crippen molar-refractivity contribution in [3.8, 4) is 5.75 Å². The van der Waals surface area contributed by atoms with Crippen molar-refractivity contribution >= 4 is 23.4 Å². The van der Waals surface area contributed by atoms with Crippen LogP contribution in [-0.4, -0.2) is 12.1 Å². The molecule has 0 amide bonds. The summed E-state index contributed by atoms with van der Waals surface area (Å²) in [5.41, 5.74) is 6.52. The van der Waals surface area contributed by atoms with E-state index in [1.54, 1.807) is 13.3 Å². The number of benzene rings is 1. The Labute approximate surface area is 115 Å². The fraction of sp³-hybridized carbons (Fsp3) is 0.154. The Morgan fingerprint density at radius 2 is 2.00 bits per heavy atom. The van der Waals surface area contributed by atoms with Crippen LogP contribution in [0.15, 0.2) is 46.5 Å². The molecule has 0 aliphatic carbocycles. The van der Waals surface area contributed by atoms with E-state index in [4.69, 9.17) is 22.1 Å². The van der Waals surface area contributed by atoms with Crippen molar-refractivity contribution in [2.75, 3.05) is 7.11 Å². The Hall–Kier alpha value is -1.23. The van der Waals surface area contributed by atoms with Crippen LogP contribution in [0, 0.1) is 0 Å². The molecule has 2 rings (SSSR count). The summed E-state index contributed by atoms with van der Waals surface area (Å²) in [4.78, 5) is 5.32. The van der Waals surface area contributed by atoms with E-state index in [-0.39, 0.29) is 0 Å². The van der Waals surface area contributed by atoms with E-state index < -0.39 is 0 Å². The number of hydrogen-bond donors (Lipinski definition) is 1. The smallest absolute Gasteiger partial charge is 0.120 e. The first kappa shape index (κ1) is 13.2. The zero-order valence-corrected chi connectivity index (χ0v) is 11.5. The van der Waals surface area contributed by atoms with Crippen LogP contribution in [0.5, 0.6) is 5.75 Å². The molecule has 1 aromatic carbocycles. The number of nitrogens with two attached hydrogens (primary N) is 1. The molecule has 94 valence electrons. The maximum Gasteiger partial charge on any atom is 0.120 e. The van der Waals surface area contributed by atoms with Crippen LogP contribution in [0.4, 0.5) is 0 Å². The molecule has 0 bridgehead atoms. The number of halogens is 1. The van der Waals surface area contributed by atoms with Gasteiger partial charge in [-0.15, -0.1) is 0 Å². The molecule has 1 heterocycles. The minimum absolute atomic E-state index is 0.414. The fourth-order valence-electron chi connectivity index (χ4n) is 1.45. The van der Waals surface area contributed by atoms with Crippen LogP contribution in [0.25, 0.3) is 0 Å². The average molecular weight is 281 g/mol. The Morgan fingerprint density at radius 3 is 2.61 bits per heavy atom. The lowest BCUT2D eigenvalue weighted by Crippen LogP contribution is -1.98. The second-order valence-corrected chi connectivity index (χ2v) is 5.01. The predicted octanol–water partition coefficient (Wildman–Crippen LogP) is 3.35. The molecular formula is C13H13ClN2OS. The molecular weight excluding hydrogens is 268 g/mol. The lowest BCUT2D eigenvalue weighted by molar-refractivity contribution is 0.414. The van der Waals surface area contributed by atoms with Gasteiger partial charge in [-0.3, -0.25) is 0 Å². The molecule has 3 nitrogen and oxygen atoms in total. The average Bonchev–Trinajstić information content (AvgIpc) is 2.42. The van der Waals surface area contributed by atoms with Gasteiger partial charge in [0.15, 0.2) is 0 Å². The molecule has 0 atom stereocenters. The lowest BCUT2D eigenvalue weighted by atomic mass is 10.3. The van der Waals surface area contributed by atoms with Crippen molar-refractivity contribution in [3.63, 3.8) is 0 Å². The minimum atomic E-state index is 0.414. The Balaban J connectivity index is 2.22. The first-order chi connectivity index (χ1) is 8.74. The largest absolute Gasteiger partial charge is 0.497 e. The highest BCUT2D eigenvalue weighted by Gasteiger charge is 2.08. The summed E-state index contributed by atoms with van der Waals surface area (Å²) in [6, 6.07) is 9.58. The number of ether oxygens (including phenoxy) is 1. The number of nitrogens with zero attached hydrogens (tertiary/aromatic N) is 1. The Bertz CT molecular complexity index is 531. The lowest BCUT2D eigenvalue weighted by Gasteiger charge is -2.07. The number of aromatic nitrogens is 1. The zero-order valence-electron chi connectivity index (χ0n) is 9.89. The van der Waals surface area contributed by atoms with Gasteiger partial charge >= 0.3 is 0 Å². The highest BCUT2D eigenvalue weighted by Crippen LogP contribution is 2.33. The second-order valence-electron chi connectivity index (χ2n) is 3.57. The van der Waals surface area contributed by atoms with Crippen molar-refractivity contribution in [2.45, 2.75) is 16.5 Å². The molecule has 1 aromatic heterocycles. The van der Waals surface area contributed by atoms with Gasteiger partial charge in [0.05, 0.1) is 12.1 Å². The third-order valence-electron chi connectivity index (χ3n) is 2.43. The topological polar surface area (TPSA) is 48.1 Å². The van der Waals surface area contributed by atoms with Crippen LogP contribution >= 0.6 is 23.4 Å². The summed E-state index contributed by atoms with van der Waals surface area (Å²) in [6.07, 6.45) is 1.72. The van der Waals surface area contributed by atoms with Crippen LogP contribution < -0.4 is 10.5 Å². The SMILES string of the molecule is COc1ccc(Sc2nccc(CN)c2Cl)cc1. The molecule has 0 saturated carbocycles. The van der Waals surface area contributed by atoms with Crippen molar-refractivity contribution in [2.24, 2.45) is 5.73 Å². The zero-order chi connectivity index (χ0) is 13.0. The van der Waals surface area contributed by atoms with Gasteiger partial charge in [0.25, 0.3) is 0 Å². The first-order valence-corrected chi connectivity index (χ1v) is 6.59. The predicted molar refractivity (Wildman–Crippen MR) is 74.3 cm³/mol. The minimum Gasteiger partial charge on any atom is -0.497 e. The van der Waals surface area contributed by atoms with Gasteiger partial charge in [-0.25, -0.2) is 4.98 Å². The van der Waals surface area contributed by atoms with Crippen LogP contribution in [0.2, 0.25) is 5.02 Å². The molecule has 0 saturated heterocycles. The molecule has 0 fully saturated rings. The number of rotatable bonds is 4. The highest BCUT2D eigenvalue weighted by molar-refractivity contribution is 7.99.